The van der Waals surface area contributed by atoms with Crippen LogP contribution < -0.4 is 5.73 Å². The van der Waals surface area contributed by atoms with Gasteiger partial charge in [0, 0.05) is 18.5 Å². The van der Waals surface area contributed by atoms with Crippen molar-refractivity contribution in [3.63, 3.8) is 0 Å². The largest absolute Gasteiger partial charge is 0.402 e. The smallest absolute Gasteiger partial charge is 0.217 e. The molecule has 0 amide bonds. The van der Waals surface area contributed by atoms with Crippen LogP contribution in [0.2, 0.25) is 0 Å². The molecule has 106 valence electrons. The minimum Gasteiger partial charge on any atom is -0.402 e. The summed E-state index contributed by atoms with van der Waals surface area (Å²) >= 11 is 0. The number of allylic oxidation sites excluding steroid dienone is 3. The van der Waals surface area contributed by atoms with E-state index < -0.39 is 18.0 Å². The average molecular weight is 280 g/mol. The predicted octanol–water partition coefficient (Wildman–Crippen LogP) is 2.15. The third kappa shape index (κ3) is 2.23. The highest BCUT2D eigenvalue weighted by atomic mass is 19.1. The minimum atomic E-state index is -1.29. The molecule has 2 atom stereocenters. The fourth-order valence-corrected chi connectivity index (χ4v) is 2.26. The molecule has 1 aliphatic heterocycles. The van der Waals surface area contributed by atoms with E-state index in [1.54, 1.807) is 0 Å². The molecule has 20 heavy (non-hydrogen) atoms. The first kappa shape index (κ1) is 13.0. The minimum absolute atomic E-state index is 0.0113. The van der Waals surface area contributed by atoms with Gasteiger partial charge in [0.25, 0.3) is 0 Å². The van der Waals surface area contributed by atoms with Crippen LogP contribution in [-0.4, -0.2) is 20.5 Å². The zero-order chi connectivity index (χ0) is 14.3. The third-order valence-corrected chi connectivity index (χ3v) is 3.51. The van der Waals surface area contributed by atoms with Crippen molar-refractivity contribution in [1.82, 2.24) is 14.8 Å². The van der Waals surface area contributed by atoms with E-state index in [2.05, 4.69) is 10.1 Å². The second-order valence-corrected chi connectivity index (χ2v) is 5.06. The molecule has 1 aromatic heterocycles. The van der Waals surface area contributed by atoms with E-state index in [1.807, 2.05) is 0 Å². The van der Waals surface area contributed by atoms with E-state index in [4.69, 9.17) is 5.73 Å². The number of nitrogens with zero attached hydrogens (tertiary/aromatic N) is 3. The molecule has 2 heterocycles. The molecule has 0 aromatic carbocycles. The zero-order valence-corrected chi connectivity index (χ0v) is 10.7. The van der Waals surface area contributed by atoms with Gasteiger partial charge in [-0.2, -0.15) is 0 Å². The van der Waals surface area contributed by atoms with Crippen molar-refractivity contribution in [2.24, 2.45) is 11.7 Å². The van der Waals surface area contributed by atoms with E-state index in [-0.39, 0.29) is 29.8 Å². The van der Waals surface area contributed by atoms with Gasteiger partial charge in [-0.15, -0.1) is 5.10 Å². The number of ketones is 1. The molecule has 2 unspecified atom stereocenters. The van der Waals surface area contributed by atoms with Gasteiger partial charge in [-0.3, -0.25) is 4.79 Å². The van der Waals surface area contributed by atoms with E-state index in [1.165, 1.54) is 10.8 Å². The summed E-state index contributed by atoms with van der Waals surface area (Å²) in [6.45, 7) is 0. The Bertz CT molecular complexity index is 604. The van der Waals surface area contributed by atoms with Gasteiger partial charge in [-0.1, -0.05) is 6.08 Å². The number of carbonyl (C=O) groups is 1. The van der Waals surface area contributed by atoms with Crippen molar-refractivity contribution in [2.75, 3.05) is 0 Å². The molecule has 2 aliphatic rings. The van der Waals surface area contributed by atoms with Gasteiger partial charge in [0.05, 0.1) is 6.04 Å². The molecule has 0 spiro atoms. The third-order valence-electron chi connectivity index (χ3n) is 3.51. The van der Waals surface area contributed by atoms with Crippen LogP contribution in [0.3, 0.4) is 0 Å². The number of hydrogen-bond acceptors (Lipinski definition) is 4. The van der Waals surface area contributed by atoms with Crippen molar-refractivity contribution < 1.29 is 13.6 Å². The normalized spacial score (nSPS) is 26.2. The Hall–Kier alpha value is -2.05. The lowest BCUT2D eigenvalue weighted by Gasteiger charge is -2.04. The summed E-state index contributed by atoms with van der Waals surface area (Å²) in [5, 5.41) is 4.08. The molecule has 1 fully saturated rings. The van der Waals surface area contributed by atoms with Crippen LogP contribution in [0.25, 0.3) is 0 Å². The average Bonchev–Trinajstić information content (AvgIpc) is 3.13. The highest BCUT2D eigenvalue weighted by Crippen LogP contribution is 2.38. The summed E-state index contributed by atoms with van der Waals surface area (Å²) in [5.74, 6) is -0.542. The van der Waals surface area contributed by atoms with Crippen LogP contribution in [0.4, 0.5) is 8.78 Å². The number of nitrogens with two attached hydrogens (primary N) is 1. The maximum Gasteiger partial charge on any atom is 0.217 e. The number of fused-ring (bicyclic) bond motifs is 1. The molecule has 1 aromatic rings. The van der Waals surface area contributed by atoms with Crippen molar-refractivity contribution in [1.29, 1.82) is 0 Å². The van der Waals surface area contributed by atoms with E-state index >= 15 is 0 Å². The van der Waals surface area contributed by atoms with Crippen LogP contribution in [0, 0.1) is 5.92 Å². The first-order valence-corrected chi connectivity index (χ1v) is 6.50. The number of rotatable bonds is 4. The Kier molecular flexibility index (Phi) is 3.11. The molecule has 0 radical (unpaired) electrons. The molecule has 2 N–H and O–H groups in total. The Balaban J connectivity index is 1.85. The molecular weight excluding hydrogens is 266 g/mol. The fourth-order valence-electron chi connectivity index (χ4n) is 2.26. The Morgan fingerprint density at radius 1 is 1.45 bits per heavy atom. The number of Topliss-reactive ketones (excluding diaryl/α,β-unsaturated/α-hetero) is 1. The van der Waals surface area contributed by atoms with Crippen LogP contribution in [0.1, 0.15) is 47.9 Å². The zero-order valence-electron chi connectivity index (χ0n) is 10.7. The first-order valence-electron chi connectivity index (χ1n) is 6.50. The number of aromatic nitrogens is 3. The number of alkyl halides is 1. The highest BCUT2D eigenvalue weighted by molar-refractivity contribution is 5.95. The van der Waals surface area contributed by atoms with Crippen LogP contribution >= 0.6 is 0 Å². The quantitative estimate of drug-likeness (QED) is 0.677. The van der Waals surface area contributed by atoms with E-state index in [9.17, 15) is 13.6 Å². The lowest BCUT2D eigenvalue weighted by atomic mass is 10.2. The monoisotopic (exact) mass is 280 g/mol. The lowest BCUT2D eigenvalue weighted by Crippen LogP contribution is -2.08. The summed E-state index contributed by atoms with van der Waals surface area (Å²) in [6, 6.07) is -0.445. The number of carbonyl (C=O) groups excluding carboxylic acids is 1. The molecular formula is C13H14F2N4O. The summed E-state index contributed by atoms with van der Waals surface area (Å²) in [7, 11) is 0. The first-order chi connectivity index (χ1) is 9.60. The number of halogens is 2. The van der Waals surface area contributed by atoms with Gasteiger partial charge in [-0.05, 0) is 18.9 Å². The highest BCUT2D eigenvalue weighted by Gasteiger charge is 2.38. The summed E-state index contributed by atoms with van der Waals surface area (Å²) in [6.07, 6.45) is 4.00. The molecule has 3 rings (SSSR count). The topological polar surface area (TPSA) is 73.8 Å². The molecule has 7 heteroatoms. The molecule has 0 saturated heterocycles. The fraction of sp³-hybridized carbons (Fsp3) is 0.462. The predicted molar refractivity (Wildman–Crippen MR) is 67.1 cm³/mol. The lowest BCUT2D eigenvalue weighted by molar-refractivity contribution is 0.0956. The summed E-state index contributed by atoms with van der Waals surface area (Å²) < 4.78 is 28.2. The Labute approximate surface area is 114 Å². The molecule has 1 aliphatic carbocycles. The second-order valence-electron chi connectivity index (χ2n) is 5.06. The standard InChI is InChI=1S/C13H14F2N4O/c14-8(6-16)3-4-9-5-10(15)13-17-12(18-19(9)13)11(20)7-1-2-7/h3-4,6-7,9-10H,1-2,5,16H2/b4-3+,8-6+. The summed E-state index contributed by atoms with van der Waals surface area (Å²) in [5.41, 5.74) is 5.02. The van der Waals surface area contributed by atoms with Crippen molar-refractivity contribution in [2.45, 2.75) is 31.5 Å². The Morgan fingerprint density at radius 3 is 2.85 bits per heavy atom. The van der Waals surface area contributed by atoms with E-state index in [0.29, 0.717) is 0 Å². The molecule has 0 bridgehead atoms. The van der Waals surface area contributed by atoms with Gasteiger partial charge in [0.2, 0.25) is 11.6 Å². The maximum absolute atomic E-state index is 13.9. The molecule has 5 nitrogen and oxygen atoms in total. The van der Waals surface area contributed by atoms with Crippen LogP contribution in [0.5, 0.6) is 0 Å². The summed E-state index contributed by atoms with van der Waals surface area (Å²) in [4.78, 5) is 15.9. The second kappa shape index (κ2) is 4.81. The SMILES string of the molecule is N/C=C(F)\C=C\C1CC(F)c2nc(C(=O)C3CC3)nn21. The number of hydrogen-bond donors (Lipinski definition) is 1. The van der Waals surface area contributed by atoms with Gasteiger partial charge in [-0.25, -0.2) is 18.4 Å². The van der Waals surface area contributed by atoms with Gasteiger partial charge in [0.15, 0.2) is 12.0 Å². The van der Waals surface area contributed by atoms with Crippen LogP contribution in [-0.2, 0) is 0 Å². The van der Waals surface area contributed by atoms with Gasteiger partial charge in [0.1, 0.15) is 5.83 Å². The van der Waals surface area contributed by atoms with Gasteiger partial charge >= 0.3 is 0 Å². The van der Waals surface area contributed by atoms with E-state index in [0.717, 1.165) is 25.1 Å². The van der Waals surface area contributed by atoms with Crippen molar-refractivity contribution >= 4 is 5.78 Å². The van der Waals surface area contributed by atoms with Gasteiger partial charge < -0.3 is 5.73 Å². The Morgan fingerprint density at radius 2 is 2.20 bits per heavy atom. The molecule has 1 saturated carbocycles. The van der Waals surface area contributed by atoms with Crippen LogP contribution in [0.15, 0.2) is 24.2 Å². The van der Waals surface area contributed by atoms with Crippen molar-refractivity contribution in [3.8, 4) is 0 Å². The maximum atomic E-state index is 13.9. The van der Waals surface area contributed by atoms with Crippen molar-refractivity contribution in [3.05, 3.63) is 35.8 Å².